The van der Waals surface area contributed by atoms with E-state index in [-0.39, 0.29) is 24.6 Å². The third kappa shape index (κ3) is 1.23. The van der Waals surface area contributed by atoms with Crippen LogP contribution in [0.5, 0.6) is 0 Å². The van der Waals surface area contributed by atoms with Crippen molar-refractivity contribution in [3.05, 3.63) is 0 Å². The third-order valence-electron chi connectivity index (χ3n) is 3.36. The minimum atomic E-state index is -0.517. The number of aliphatic hydroxyl groups is 1. The molecule has 2 bridgehead atoms. The van der Waals surface area contributed by atoms with Crippen LogP contribution in [0, 0.1) is 5.92 Å². The number of aliphatic hydroxyl groups excluding tert-OH is 1. The van der Waals surface area contributed by atoms with Gasteiger partial charge in [-0.15, -0.1) is 0 Å². The average molecular weight is 182 g/mol. The number of hydrogen-bond donors (Lipinski definition) is 1. The van der Waals surface area contributed by atoms with Crippen LogP contribution in [0.2, 0.25) is 0 Å². The van der Waals surface area contributed by atoms with Crippen molar-refractivity contribution in [2.45, 2.75) is 37.0 Å². The fraction of sp³-hybridized carbons (Fsp3) is 1.00. The van der Waals surface area contributed by atoms with E-state index in [1.54, 1.807) is 7.11 Å². The highest BCUT2D eigenvalue weighted by molar-refractivity contribution is 6.11. The first-order valence-electron chi connectivity index (χ1n) is 4.80. The monoisotopic (exact) mass is 182 g/mol. The molecule has 1 saturated carbocycles. The summed E-state index contributed by atoms with van der Waals surface area (Å²) in [5.74, 6) is 0.255. The summed E-state index contributed by atoms with van der Waals surface area (Å²) < 4.78 is 11.0. The summed E-state index contributed by atoms with van der Waals surface area (Å²) in [5, 5.41) is 9.33. The lowest BCUT2D eigenvalue weighted by Gasteiger charge is -2.36. The van der Waals surface area contributed by atoms with Crippen LogP contribution in [0.25, 0.3) is 0 Å². The van der Waals surface area contributed by atoms with Crippen LogP contribution in [0.4, 0.5) is 0 Å². The quantitative estimate of drug-likeness (QED) is 0.613. The lowest BCUT2D eigenvalue weighted by molar-refractivity contribution is -0.121. The number of ether oxygens (including phenoxy) is 2. The Morgan fingerprint density at radius 2 is 2.46 bits per heavy atom. The number of hydrogen-bond acceptors (Lipinski definition) is 3. The number of fused-ring (bicyclic) bond motifs is 2. The fourth-order valence-electron chi connectivity index (χ4n) is 2.74. The Balaban J connectivity index is 2.24. The molecule has 1 aliphatic carbocycles. The summed E-state index contributed by atoms with van der Waals surface area (Å²) >= 11 is 0. The van der Waals surface area contributed by atoms with Crippen LogP contribution in [-0.4, -0.2) is 44.4 Å². The minimum Gasteiger partial charge on any atom is -0.393 e. The highest BCUT2D eigenvalue weighted by Gasteiger charge is 2.55. The van der Waals surface area contributed by atoms with Crippen molar-refractivity contribution in [3.8, 4) is 0 Å². The molecule has 1 N–H and O–H groups in total. The van der Waals surface area contributed by atoms with Crippen LogP contribution < -0.4 is 0 Å². The van der Waals surface area contributed by atoms with Crippen molar-refractivity contribution < 1.29 is 14.6 Å². The molecule has 4 heteroatoms. The molecule has 0 spiro atoms. The molecule has 0 aromatic rings. The summed E-state index contributed by atoms with van der Waals surface area (Å²) in [7, 11) is 7.49. The Morgan fingerprint density at radius 1 is 1.69 bits per heavy atom. The molecule has 2 fully saturated rings. The first-order valence-corrected chi connectivity index (χ1v) is 4.80. The van der Waals surface area contributed by atoms with Crippen molar-refractivity contribution >= 4 is 7.85 Å². The van der Waals surface area contributed by atoms with Gasteiger partial charge < -0.3 is 14.6 Å². The predicted octanol–water partition coefficient (Wildman–Crippen LogP) is 0.0574. The Morgan fingerprint density at radius 3 is 3.00 bits per heavy atom. The van der Waals surface area contributed by atoms with E-state index in [0.717, 1.165) is 19.3 Å². The van der Waals surface area contributed by atoms with Crippen LogP contribution in [0.1, 0.15) is 19.3 Å². The number of rotatable bonds is 2. The molecule has 1 unspecified atom stereocenters. The van der Waals surface area contributed by atoms with E-state index in [1.165, 1.54) is 0 Å². The van der Waals surface area contributed by atoms with Crippen molar-refractivity contribution in [3.63, 3.8) is 0 Å². The van der Waals surface area contributed by atoms with E-state index in [1.807, 2.05) is 0 Å². The molecule has 0 amide bonds. The van der Waals surface area contributed by atoms with Gasteiger partial charge in [0.15, 0.2) is 0 Å². The van der Waals surface area contributed by atoms with Crippen molar-refractivity contribution in [2.75, 3.05) is 13.7 Å². The van der Waals surface area contributed by atoms with Crippen LogP contribution >= 0.6 is 0 Å². The second-order valence-corrected chi connectivity index (χ2v) is 4.02. The number of methoxy groups -OCH3 is 1. The Labute approximate surface area is 79.8 Å². The van der Waals surface area contributed by atoms with Crippen molar-refractivity contribution in [2.24, 2.45) is 5.92 Å². The molecule has 13 heavy (non-hydrogen) atoms. The molecule has 0 aromatic carbocycles. The zero-order chi connectivity index (χ0) is 9.47. The lowest BCUT2D eigenvalue weighted by Crippen LogP contribution is -2.48. The van der Waals surface area contributed by atoms with E-state index < -0.39 is 5.60 Å². The van der Waals surface area contributed by atoms with E-state index in [2.05, 4.69) is 0 Å². The maximum Gasteiger partial charge on any atom is 0.117 e. The van der Waals surface area contributed by atoms with Gasteiger partial charge in [0.1, 0.15) is 13.4 Å². The molecule has 1 aliphatic heterocycles. The summed E-state index contributed by atoms with van der Waals surface area (Å²) in [5.41, 5.74) is -0.517. The summed E-state index contributed by atoms with van der Waals surface area (Å²) in [6.45, 7) is 0.00963. The smallest absolute Gasteiger partial charge is 0.117 e. The van der Waals surface area contributed by atoms with Gasteiger partial charge >= 0.3 is 0 Å². The Kier molecular flexibility index (Phi) is 2.38. The largest absolute Gasteiger partial charge is 0.393 e. The first kappa shape index (κ1) is 9.50. The molecule has 2 rings (SSSR count). The van der Waals surface area contributed by atoms with Gasteiger partial charge in [0.2, 0.25) is 0 Å². The van der Waals surface area contributed by atoms with E-state index >= 15 is 0 Å². The van der Waals surface area contributed by atoms with Gasteiger partial charge in [-0.1, -0.05) is 0 Å². The molecular weight excluding hydrogens is 167 g/mol. The van der Waals surface area contributed by atoms with E-state index in [0.29, 0.717) is 0 Å². The molecule has 2 radical (unpaired) electrons. The third-order valence-corrected chi connectivity index (χ3v) is 3.36. The van der Waals surface area contributed by atoms with Gasteiger partial charge in [-0.25, -0.2) is 0 Å². The minimum absolute atomic E-state index is 0.00963. The molecule has 3 nitrogen and oxygen atoms in total. The van der Waals surface area contributed by atoms with E-state index in [9.17, 15) is 5.11 Å². The lowest BCUT2D eigenvalue weighted by atomic mass is 9.73. The topological polar surface area (TPSA) is 38.7 Å². The summed E-state index contributed by atoms with van der Waals surface area (Å²) in [4.78, 5) is 0. The predicted molar refractivity (Wildman–Crippen MR) is 48.6 cm³/mol. The highest BCUT2D eigenvalue weighted by atomic mass is 16.6. The van der Waals surface area contributed by atoms with E-state index in [4.69, 9.17) is 17.3 Å². The molecule has 1 heterocycles. The molecule has 72 valence electrons. The normalized spacial score (nSPS) is 49.5. The van der Waals surface area contributed by atoms with Gasteiger partial charge in [-0.2, -0.15) is 0 Å². The van der Waals surface area contributed by atoms with Crippen LogP contribution in [0.15, 0.2) is 0 Å². The Hall–Kier alpha value is -0.0551. The second-order valence-electron chi connectivity index (χ2n) is 4.02. The standard InChI is InChI=1S/C9H15BO3/c1-12-7-6-3-2-4-9(7,5-11)13-8(6)10/h6-8,11H,2-5H2,1H3/t6-,7?,8+,9+/m0/s1. The molecular formula is C9H15BO3. The van der Waals surface area contributed by atoms with Crippen molar-refractivity contribution in [1.82, 2.24) is 0 Å². The maximum absolute atomic E-state index is 9.33. The SMILES string of the molecule is [B][C@@H]1O[C@@]2(CO)CCC[C@H]1C2OC. The van der Waals surface area contributed by atoms with Gasteiger partial charge in [-0.05, 0) is 19.3 Å². The second kappa shape index (κ2) is 3.26. The molecule has 4 atom stereocenters. The molecule has 1 saturated heterocycles. The van der Waals surface area contributed by atoms with Gasteiger partial charge in [0, 0.05) is 19.0 Å². The summed E-state index contributed by atoms with van der Waals surface area (Å²) in [6.07, 6.45) is 2.94. The maximum atomic E-state index is 9.33. The van der Waals surface area contributed by atoms with Gasteiger partial charge in [-0.3, -0.25) is 0 Å². The molecule has 0 aromatic heterocycles. The van der Waals surface area contributed by atoms with Crippen LogP contribution in [-0.2, 0) is 9.47 Å². The zero-order valence-electron chi connectivity index (χ0n) is 7.90. The summed E-state index contributed by atoms with van der Waals surface area (Å²) in [6, 6.07) is -0.264. The Bertz CT molecular complexity index is 199. The average Bonchev–Trinajstić information content (AvgIpc) is 2.30. The fourth-order valence-corrected chi connectivity index (χ4v) is 2.74. The zero-order valence-corrected chi connectivity index (χ0v) is 7.90. The first-order chi connectivity index (χ1) is 6.23. The highest BCUT2D eigenvalue weighted by Crippen LogP contribution is 2.45. The van der Waals surface area contributed by atoms with Gasteiger partial charge in [0.05, 0.1) is 12.7 Å². The van der Waals surface area contributed by atoms with Crippen LogP contribution in [0.3, 0.4) is 0 Å². The van der Waals surface area contributed by atoms with Crippen molar-refractivity contribution in [1.29, 1.82) is 0 Å². The van der Waals surface area contributed by atoms with Gasteiger partial charge in [0.25, 0.3) is 0 Å². The molecule has 2 aliphatic rings.